The fourth-order valence-corrected chi connectivity index (χ4v) is 3.83. The molecule has 6 heteroatoms. The maximum absolute atomic E-state index is 12.8. The Labute approximate surface area is 137 Å². The molecule has 2 heterocycles. The maximum atomic E-state index is 12.8. The molecular formula is C17H27N3O3. The van der Waals surface area contributed by atoms with Crippen molar-refractivity contribution >= 4 is 5.91 Å². The minimum Gasteiger partial charge on any atom is -0.388 e. The third kappa shape index (κ3) is 3.58. The summed E-state index contributed by atoms with van der Waals surface area (Å²) in [4.78, 5) is 16.7. The fraction of sp³-hybridized carbons (Fsp3) is 0.765. The Bertz CT molecular complexity index is 569. The first-order chi connectivity index (χ1) is 11.0. The van der Waals surface area contributed by atoms with E-state index in [0.717, 1.165) is 49.8 Å². The smallest absolute Gasteiger partial charge is 0.276 e. The van der Waals surface area contributed by atoms with Crippen molar-refractivity contribution in [3.63, 3.8) is 0 Å². The highest BCUT2D eigenvalue weighted by molar-refractivity contribution is 5.94. The molecule has 1 saturated heterocycles. The molecule has 128 valence electrons. The van der Waals surface area contributed by atoms with Crippen LogP contribution >= 0.6 is 0 Å². The van der Waals surface area contributed by atoms with E-state index in [1.807, 2.05) is 23.9 Å². The summed E-state index contributed by atoms with van der Waals surface area (Å²) in [5.41, 5.74) is 0.800. The highest BCUT2D eigenvalue weighted by Gasteiger charge is 2.34. The Hall–Kier alpha value is -1.40. The van der Waals surface area contributed by atoms with E-state index in [9.17, 15) is 9.90 Å². The number of carbonyl (C=O) groups is 1. The van der Waals surface area contributed by atoms with E-state index in [2.05, 4.69) is 5.16 Å². The van der Waals surface area contributed by atoms with Crippen LogP contribution in [0.2, 0.25) is 0 Å². The van der Waals surface area contributed by atoms with Gasteiger partial charge < -0.3 is 19.4 Å². The minimum absolute atomic E-state index is 0.0361. The van der Waals surface area contributed by atoms with E-state index in [4.69, 9.17) is 4.52 Å². The van der Waals surface area contributed by atoms with Gasteiger partial charge in [0.15, 0.2) is 5.69 Å². The van der Waals surface area contributed by atoms with Gasteiger partial charge in [-0.15, -0.1) is 0 Å². The van der Waals surface area contributed by atoms with Crippen LogP contribution in [0.3, 0.4) is 0 Å². The van der Waals surface area contributed by atoms with Crippen molar-refractivity contribution in [3.05, 3.63) is 17.0 Å². The van der Waals surface area contributed by atoms with Crippen LogP contribution in [0.5, 0.6) is 0 Å². The van der Waals surface area contributed by atoms with Crippen molar-refractivity contribution in [1.82, 2.24) is 15.0 Å². The molecule has 0 saturated carbocycles. The standard InChI is InChI=1S/C17H27N3O3/c1-19(2)12-17(22)8-5-10-20(11-9-17)16(21)15-13-6-3-4-7-14(13)23-18-15/h22H,3-12H2,1-2H3/t17-/m1/s1. The van der Waals surface area contributed by atoms with Gasteiger partial charge in [-0.05, 0) is 52.6 Å². The van der Waals surface area contributed by atoms with Crippen LogP contribution in [-0.2, 0) is 12.8 Å². The molecule has 1 atom stereocenters. The zero-order chi connectivity index (χ0) is 16.4. The molecule has 2 aliphatic rings. The quantitative estimate of drug-likeness (QED) is 0.913. The zero-order valence-electron chi connectivity index (χ0n) is 14.2. The second-order valence-corrected chi connectivity index (χ2v) is 7.25. The molecule has 6 nitrogen and oxygen atoms in total. The second-order valence-electron chi connectivity index (χ2n) is 7.25. The SMILES string of the molecule is CN(C)C[C@@]1(O)CCCN(C(=O)c2noc3c2CCCC3)CC1. The summed E-state index contributed by atoms with van der Waals surface area (Å²) in [6.07, 6.45) is 6.13. The maximum Gasteiger partial charge on any atom is 0.276 e. The van der Waals surface area contributed by atoms with Gasteiger partial charge in [0.25, 0.3) is 5.91 Å². The molecule has 0 radical (unpaired) electrons. The predicted molar refractivity (Wildman–Crippen MR) is 86.4 cm³/mol. The number of aryl methyl sites for hydroxylation is 1. The number of likely N-dealkylation sites (N-methyl/N-ethyl adjacent to an activating group) is 1. The number of hydrogen-bond acceptors (Lipinski definition) is 5. The van der Waals surface area contributed by atoms with Crippen LogP contribution in [0, 0.1) is 0 Å². The molecule has 1 fully saturated rings. The Morgan fingerprint density at radius 3 is 2.83 bits per heavy atom. The number of nitrogens with zero attached hydrogens (tertiary/aromatic N) is 3. The number of aliphatic hydroxyl groups is 1. The van der Waals surface area contributed by atoms with Gasteiger partial charge in [0.05, 0.1) is 5.60 Å². The van der Waals surface area contributed by atoms with Crippen LogP contribution in [0.1, 0.15) is 53.9 Å². The number of hydrogen-bond donors (Lipinski definition) is 1. The molecule has 23 heavy (non-hydrogen) atoms. The molecule has 0 spiro atoms. The number of fused-ring (bicyclic) bond motifs is 1. The van der Waals surface area contributed by atoms with Gasteiger partial charge >= 0.3 is 0 Å². The molecule has 1 aliphatic carbocycles. The van der Waals surface area contributed by atoms with Gasteiger partial charge in [-0.2, -0.15) is 0 Å². The first-order valence-corrected chi connectivity index (χ1v) is 8.62. The number of likely N-dealkylation sites (tertiary alicyclic amines) is 1. The number of aromatic nitrogens is 1. The lowest BCUT2D eigenvalue weighted by Crippen LogP contribution is -2.41. The lowest BCUT2D eigenvalue weighted by molar-refractivity contribution is 0.00302. The fourth-order valence-electron chi connectivity index (χ4n) is 3.83. The number of carbonyl (C=O) groups excluding carboxylic acids is 1. The normalized spacial score (nSPS) is 25.3. The minimum atomic E-state index is -0.707. The van der Waals surface area contributed by atoms with Crippen molar-refractivity contribution < 1.29 is 14.4 Å². The first kappa shape index (κ1) is 16.5. The second kappa shape index (κ2) is 6.61. The molecule has 0 bridgehead atoms. The van der Waals surface area contributed by atoms with Gasteiger partial charge in [0.2, 0.25) is 0 Å². The first-order valence-electron chi connectivity index (χ1n) is 8.62. The Morgan fingerprint density at radius 1 is 1.26 bits per heavy atom. The van der Waals surface area contributed by atoms with E-state index in [1.165, 1.54) is 0 Å². The van der Waals surface area contributed by atoms with Gasteiger partial charge in [0, 0.05) is 31.6 Å². The Balaban J connectivity index is 1.70. The molecule has 0 aromatic carbocycles. The lowest BCUT2D eigenvalue weighted by Gasteiger charge is -2.29. The highest BCUT2D eigenvalue weighted by Crippen LogP contribution is 2.27. The van der Waals surface area contributed by atoms with Crippen LogP contribution in [0.15, 0.2) is 4.52 Å². The third-order valence-corrected chi connectivity index (χ3v) is 4.97. The molecule has 1 aromatic rings. The van der Waals surface area contributed by atoms with Crippen LogP contribution in [0.25, 0.3) is 0 Å². The van der Waals surface area contributed by atoms with Gasteiger partial charge in [-0.1, -0.05) is 5.16 Å². The lowest BCUT2D eigenvalue weighted by atomic mass is 9.94. The summed E-state index contributed by atoms with van der Waals surface area (Å²) in [7, 11) is 3.93. The van der Waals surface area contributed by atoms with Crippen molar-refractivity contribution in [3.8, 4) is 0 Å². The zero-order valence-corrected chi connectivity index (χ0v) is 14.2. The molecule has 3 rings (SSSR count). The summed E-state index contributed by atoms with van der Waals surface area (Å²) < 4.78 is 5.37. The summed E-state index contributed by atoms with van der Waals surface area (Å²) in [5, 5.41) is 14.8. The van der Waals surface area contributed by atoms with Crippen molar-refractivity contribution in [2.75, 3.05) is 33.7 Å². The average Bonchev–Trinajstić information content (AvgIpc) is 2.84. The molecule has 0 unspecified atom stereocenters. The Kier molecular flexibility index (Phi) is 4.73. The molecule has 1 amide bonds. The van der Waals surface area contributed by atoms with Crippen molar-refractivity contribution in [2.24, 2.45) is 0 Å². The van der Waals surface area contributed by atoms with Crippen LogP contribution in [-0.4, -0.2) is 65.3 Å². The summed E-state index contributed by atoms with van der Waals surface area (Å²) in [6, 6.07) is 0. The third-order valence-electron chi connectivity index (χ3n) is 4.97. The Morgan fingerprint density at radius 2 is 2.04 bits per heavy atom. The van der Waals surface area contributed by atoms with Gasteiger partial charge in [0.1, 0.15) is 5.76 Å². The van der Waals surface area contributed by atoms with Crippen LogP contribution < -0.4 is 0 Å². The van der Waals surface area contributed by atoms with Crippen molar-refractivity contribution in [2.45, 2.75) is 50.5 Å². The summed E-state index contributed by atoms with van der Waals surface area (Å²) in [5.74, 6) is 0.851. The van der Waals surface area contributed by atoms with E-state index >= 15 is 0 Å². The molecule has 1 aromatic heterocycles. The average molecular weight is 321 g/mol. The van der Waals surface area contributed by atoms with E-state index in [0.29, 0.717) is 31.7 Å². The number of amides is 1. The van der Waals surface area contributed by atoms with Crippen LogP contribution in [0.4, 0.5) is 0 Å². The molecule has 1 aliphatic heterocycles. The number of rotatable bonds is 3. The topological polar surface area (TPSA) is 69.8 Å². The van der Waals surface area contributed by atoms with E-state index < -0.39 is 5.60 Å². The van der Waals surface area contributed by atoms with E-state index in [-0.39, 0.29) is 5.91 Å². The van der Waals surface area contributed by atoms with Gasteiger partial charge in [-0.25, -0.2) is 0 Å². The van der Waals surface area contributed by atoms with Crippen molar-refractivity contribution in [1.29, 1.82) is 0 Å². The highest BCUT2D eigenvalue weighted by atomic mass is 16.5. The summed E-state index contributed by atoms with van der Waals surface area (Å²) >= 11 is 0. The molecular weight excluding hydrogens is 294 g/mol. The largest absolute Gasteiger partial charge is 0.388 e. The van der Waals surface area contributed by atoms with Gasteiger partial charge in [-0.3, -0.25) is 4.79 Å². The summed E-state index contributed by atoms with van der Waals surface area (Å²) in [6.45, 7) is 1.88. The van der Waals surface area contributed by atoms with E-state index in [1.54, 1.807) is 0 Å². The molecule has 1 N–H and O–H groups in total. The predicted octanol–water partition coefficient (Wildman–Crippen LogP) is 1.47. The monoisotopic (exact) mass is 321 g/mol.